The highest BCUT2D eigenvalue weighted by molar-refractivity contribution is 7.22. The van der Waals surface area contributed by atoms with E-state index in [-0.39, 0.29) is 6.03 Å². The van der Waals surface area contributed by atoms with Gasteiger partial charge in [0.25, 0.3) is 0 Å². The van der Waals surface area contributed by atoms with Gasteiger partial charge >= 0.3 is 6.03 Å². The molecule has 2 aromatic carbocycles. The number of hydrogen-bond acceptors (Lipinski definition) is 5. The number of hydrogen-bond donors (Lipinski definition) is 1. The fourth-order valence-corrected chi connectivity index (χ4v) is 4.34. The molecule has 1 aliphatic rings. The van der Waals surface area contributed by atoms with Gasteiger partial charge in [0.05, 0.1) is 16.8 Å². The number of aromatic nitrogens is 1. The molecule has 3 aromatic rings. The molecule has 0 bridgehead atoms. The van der Waals surface area contributed by atoms with Crippen LogP contribution in [0, 0.1) is 6.92 Å². The van der Waals surface area contributed by atoms with Crippen LogP contribution < -0.4 is 15.0 Å². The van der Waals surface area contributed by atoms with Gasteiger partial charge in [0.15, 0.2) is 5.13 Å². The maximum atomic E-state index is 12.6. The fourth-order valence-electron chi connectivity index (χ4n) is 3.29. The number of rotatable bonds is 4. The highest BCUT2D eigenvalue weighted by atomic mass is 32.1. The summed E-state index contributed by atoms with van der Waals surface area (Å²) < 4.78 is 6.71. The Morgan fingerprint density at radius 2 is 1.96 bits per heavy atom. The molecule has 0 atom stereocenters. The van der Waals surface area contributed by atoms with Gasteiger partial charge in [-0.15, -0.1) is 0 Å². The highest BCUT2D eigenvalue weighted by Crippen LogP contribution is 2.32. The summed E-state index contributed by atoms with van der Waals surface area (Å²) in [6.07, 6.45) is 0. The third-order valence-corrected chi connectivity index (χ3v) is 5.96. The number of aryl methyl sites for hydroxylation is 1. The fraction of sp³-hybridized carbons (Fsp3) is 0.333. The smallest absolute Gasteiger partial charge is 0.321 e. The van der Waals surface area contributed by atoms with Crippen LogP contribution in [0.15, 0.2) is 42.5 Å². The number of anilines is 2. The van der Waals surface area contributed by atoms with Gasteiger partial charge in [0, 0.05) is 31.9 Å². The van der Waals surface area contributed by atoms with Crippen LogP contribution in [-0.2, 0) is 0 Å². The molecular weight excluding hydrogens is 372 g/mol. The van der Waals surface area contributed by atoms with Crippen LogP contribution in [-0.4, -0.2) is 48.7 Å². The predicted octanol–water partition coefficient (Wildman–Crippen LogP) is 4.36. The quantitative estimate of drug-likeness (QED) is 0.712. The summed E-state index contributed by atoms with van der Waals surface area (Å²) in [6, 6.07) is 13.8. The molecule has 0 spiro atoms. The molecule has 7 heteroatoms. The molecule has 0 unspecified atom stereocenters. The largest absolute Gasteiger partial charge is 0.494 e. The molecule has 1 saturated heterocycles. The number of benzene rings is 2. The first-order chi connectivity index (χ1) is 13.6. The Balaban J connectivity index is 1.39. The van der Waals surface area contributed by atoms with E-state index >= 15 is 0 Å². The minimum absolute atomic E-state index is 0.0420. The van der Waals surface area contributed by atoms with Crippen molar-refractivity contribution in [2.75, 3.05) is 43.0 Å². The van der Waals surface area contributed by atoms with Crippen molar-refractivity contribution in [1.82, 2.24) is 9.88 Å². The lowest BCUT2D eigenvalue weighted by molar-refractivity contribution is 0.208. The molecule has 146 valence electrons. The molecular formula is C21H24N4O2S. The zero-order valence-corrected chi connectivity index (χ0v) is 17.0. The van der Waals surface area contributed by atoms with Crippen LogP contribution in [0.3, 0.4) is 0 Å². The molecule has 4 rings (SSSR count). The molecule has 1 N–H and O–H groups in total. The Labute approximate surface area is 168 Å². The van der Waals surface area contributed by atoms with Crippen LogP contribution in [0.1, 0.15) is 12.5 Å². The average Bonchev–Trinajstić information content (AvgIpc) is 3.13. The maximum absolute atomic E-state index is 12.6. The number of para-hydroxylation sites is 1. The zero-order chi connectivity index (χ0) is 19.5. The van der Waals surface area contributed by atoms with Gasteiger partial charge < -0.3 is 19.9 Å². The van der Waals surface area contributed by atoms with E-state index in [1.54, 1.807) is 11.3 Å². The molecule has 0 saturated carbocycles. The zero-order valence-electron chi connectivity index (χ0n) is 16.1. The van der Waals surface area contributed by atoms with E-state index in [1.165, 1.54) is 0 Å². The van der Waals surface area contributed by atoms with E-state index in [1.807, 2.05) is 61.2 Å². The van der Waals surface area contributed by atoms with Crippen molar-refractivity contribution < 1.29 is 9.53 Å². The Bertz CT molecular complexity index is 979. The Hall–Kier alpha value is -2.80. The van der Waals surface area contributed by atoms with Crippen LogP contribution in [0.5, 0.6) is 5.75 Å². The number of piperazine rings is 1. The summed E-state index contributed by atoms with van der Waals surface area (Å²) in [6.45, 7) is 7.55. The number of carbonyl (C=O) groups excluding carboxylic acids is 1. The van der Waals surface area contributed by atoms with Gasteiger partial charge in [0.1, 0.15) is 5.75 Å². The number of urea groups is 1. The van der Waals surface area contributed by atoms with Crippen molar-refractivity contribution in [2.24, 2.45) is 0 Å². The second-order valence-corrected chi connectivity index (χ2v) is 7.79. The summed E-state index contributed by atoms with van der Waals surface area (Å²) in [4.78, 5) is 21.4. The van der Waals surface area contributed by atoms with Crippen molar-refractivity contribution in [1.29, 1.82) is 0 Å². The molecule has 1 aliphatic heterocycles. The van der Waals surface area contributed by atoms with E-state index in [9.17, 15) is 4.79 Å². The number of carbonyl (C=O) groups is 1. The summed E-state index contributed by atoms with van der Waals surface area (Å²) in [7, 11) is 0. The van der Waals surface area contributed by atoms with Gasteiger partial charge in [-0.2, -0.15) is 0 Å². The number of nitrogens with one attached hydrogen (secondary N) is 1. The van der Waals surface area contributed by atoms with E-state index < -0.39 is 0 Å². The number of ether oxygens (including phenoxy) is 1. The Kier molecular flexibility index (Phi) is 5.34. The summed E-state index contributed by atoms with van der Waals surface area (Å²) in [5, 5.41) is 4.02. The molecule has 6 nitrogen and oxygen atoms in total. The minimum Gasteiger partial charge on any atom is -0.494 e. The third kappa shape index (κ3) is 3.89. The molecule has 2 amide bonds. The van der Waals surface area contributed by atoms with Gasteiger partial charge in [-0.3, -0.25) is 0 Å². The normalized spacial score (nSPS) is 14.4. The first-order valence-electron chi connectivity index (χ1n) is 9.54. The van der Waals surface area contributed by atoms with Gasteiger partial charge in [-0.25, -0.2) is 9.78 Å². The number of amides is 2. The molecule has 2 heterocycles. The lowest BCUT2D eigenvalue weighted by Crippen LogP contribution is -2.50. The lowest BCUT2D eigenvalue weighted by Gasteiger charge is -2.34. The molecule has 0 radical (unpaired) electrons. The van der Waals surface area contributed by atoms with E-state index in [0.29, 0.717) is 19.7 Å². The van der Waals surface area contributed by atoms with E-state index in [4.69, 9.17) is 9.72 Å². The monoisotopic (exact) mass is 396 g/mol. The van der Waals surface area contributed by atoms with Crippen molar-refractivity contribution in [3.63, 3.8) is 0 Å². The molecule has 28 heavy (non-hydrogen) atoms. The minimum atomic E-state index is -0.0420. The van der Waals surface area contributed by atoms with E-state index in [2.05, 4.69) is 10.2 Å². The van der Waals surface area contributed by atoms with Crippen LogP contribution in [0.2, 0.25) is 0 Å². The first kappa shape index (κ1) is 18.6. The van der Waals surface area contributed by atoms with Gasteiger partial charge in [-0.05, 0) is 43.7 Å². The molecule has 0 aliphatic carbocycles. The van der Waals surface area contributed by atoms with E-state index in [0.717, 1.165) is 45.4 Å². The SMILES string of the molecule is CCOc1ccc2nc(N3CCN(C(=O)Nc4ccccc4C)CC3)sc2c1. The second-order valence-electron chi connectivity index (χ2n) is 6.78. The Morgan fingerprint density at radius 3 is 2.71 bits per heavy atom. The average molecular weight is 397 g/mol. The molecule has 1 fully saturated rings. The third-order valence-electron chi connectivity index (χ3n) is 4.88. The Morgan fingerprint density at radius 1 is 1.18 bits per heavy atom. The van der Waals surface area contributed by atoms with Crippen molar-refractivity contribution in [3.05, 3.63) is 48.0 Å². The van der Waals surface area contributed by atoms with Crippen molar-refractivity contribution in [3.8, 4) is 5.75 Å². The van der Waals surface area contributed by atoms with Crippen molar-refractivity contribution >= 4 is 38.4 Å². The second kappa shape index (κ2) is 8.06. The lowest BCUT2D eigenvalue weighted by atomic mass is 10.2. The van der Waals surface area contributed by atoms with Gasteiger partial charge in [0.2, 0.25) is 0 Å². The van der Waals surface area contributed by atoms with Crippen LogP contribution in [0.25, 0.3) is 10.2 Å². The number of fused-ring (bicyclic) bond motifs is 1. The van der Waals surface area contributed by atoms with Crippen LogP contribution in [0.4, 0.5) is 15.6 Å². The predicted molar refractivity (Wildman–Crippen MR) is 115 cm³/mol. The maximum Gasteiger partial charge on any atom is 0.321 e. The number of thiazole rings is 1. The standard InChI is InChI=1S/C21H24N4O2S/c1-3-27-16-8-9-18-19(14-16)28-21(23-18)25-12-10-24(11-13-25)20(26)22-17-7-5-4-6-15(17)2/h4-9,14H,3,10-13H2,1-2H3,(H,22,26). The summed E-state index contributed by atoms with van der Waals surface area (Å²) in [5.41, 5.74) is 2.92. The number of nitrogens with zero attached hydrogens (tertiary/aromatic N) is 3. The van der Waals surface area contributed by atoms with Crippen LogP contribution >= 0.6 is 11.3 Å². The summed E-state index contributed by atoms with van der Waals surface area (Å²) >= 11 is 1.67. The summed E-state index contributed by atoms with van der Waals surface area (Å²) in [5.74, 6) is 0.878. The first-order valence-corrected chi connectivity index (χ1v) is 10.4. The highest BCUT2D eigenvalue weighted by Gasteiger charge is 2.23. The van der Waals surface area contributed by atoms with Crippen molar-refractivity contribution in [2.45, 2.75) is 13.8 Å². The molecule has 1 aromatic heterocycles. The topological polar surface area (TPSA) is 57.7 Å². The van der Waals surface area contributed by atoms with Gasteiger partial charge in [-0.1, -0.05) is 29.5 Å².